The number of aryl methyl sites for hydroxylation is 2. The third kappa shape index (κ3) is 4.41. The number of sulfone groups is 1. The average Bonchev–Trinajstić information content (AvgIpc) is 2.52. The van der Waals surface area contributed by atoms with Gasteiger partial charge in [0.1, 0.15) is 11.1 Å². The number of amides is 1. The maximum atomic E-state index is 13.5. The van der Waals surface area contributed by atoms with Gasteiger partial charge in [0.15, 0.2) is 9.84 Å². The van der Waals surface area contributed by atoms with Crippen molar-refractivity contribution in [3.63, 3.8) is 0 Å². The lowest BCUT2D eigenvalue weighted by Gasteiger charge is -2.14. The lowest BCUT2D eigenvalue weighted by Crippen LogP contribution is -2.33. The number of nitrogens with one attached hydrogen (secondary N) is 1. The Morgan fingerprint density at radius 1 is 1.12 bits per heavy atom. The molecule has 0 aliphatic rings. The second kappa shape index (κ2) is 7.13. The predicted octanol–water partition coefficient (Wildman–Crippen LogP) is 3.38. The van der Waals surface area contributed by atoms with Crippen molar-refractivity contribution in [2.24, 2.45) is 0 Å². The van der Waals surface area contributed by atoms with Crippen LogP contribution in [0.4, 0.5) is 10.1 Å². The van der Waals surface area contributed by atoms with E-state index in [-0.39, 0.29) is 11.4 Å². The molecule has 0 saturated carbocycles. The summed E-state index contributed by atoms with van der Waals surface area (Å²) in [4.78, 5) is 12.2. The monoisotopic (exact) mass is 349 g/mol. The van der Waals surface area contributed by atoms with Crippen LogP contribution in [0.5, 0.6) is 0 Å². The van der Waals surface area contributed by atoms with E-state index in [1.54, 1.807) is 19.1 Å². The first-order valence-corrected chi connectivity index (χ1v) is 9.25. The van der Waals surface area contributed by atoms with Crippen LogP contribution in [0.1, 0.15) is 23.6 Å². The molecular formula is C18H20FNO3S. The molecule has 0 aromatic heterocycles. The summed E-state index contributed by atoms with van der Waals surface area (Å²) in [6.07, 6.45) is 0. The Hall–Kier alpha value is -2.21. The van der Waals surface area contributed by atoms with Crippen molar-refractivity contribution in [3.8, 4) is 0 Å². The summed E-state index contributed by atoms with van der Waals surface area (Å²) in [6, 6.07) is 11.3. The lowest BCUT2D eigenvalue weighted by atomic mass is 10.2. The number of anilines is 1. The maximum absolute atomic E-state index is 13.5. The molecule has 0 bridgehead atoms. The summed E-state index contributed by atoms with van der Waals surface area (Å²) in [5.41, 5.74) is 2.35. The summed E-state index contributed by atoms with van der Waals surface area (Å²) < 4.78 is 38.3. The van der Waals surface area contributed by atoms with Crippen LogP contribution < -0.4 is 5.32 Å². The standard InChI is InChI=1S/C18H20FNO3S/c1-12-4-7-15(8-5-12)11-24(22,23)14(3)18(21)20-16-9-6-13(2)17(19)10-16/h4-10,14H,11H2,1-3H3,(H,20,21)/t14-/m0/s1. The van der Waals surface area contributed by atoms with Crippen LogP contribution in [-0.4, -0.2) is 19.6 Å². The van der Waals surface area contributed by atoms with Crippen LogP contribution >= 0.6 is 0 Å². The first-order chi connectivity index (χ1) is 11.2. The zero-order valence-electron chi connectivity index (χ0n) is 13.8. The smallest absolute Gasteiger partial charge is 0.242 e. The van der Waals surface area contributed by atoms with Crippen molar-refractivity contribution in [2.75, 3.05) is 5.32 Å². The van der Waals surface area contributed by atoms with Crippen LogP contribution in [0.15, 0.2) is 42.5 Å². The molecule has 1 amide bonds. The molecule has 0 aliphatic carbocycles. The van der Waals surface area contributed by atoms with E-state index in [0.717, 1.165) is 5.56 Å². The number of hydrogen-bond donors (Lipinski definition) is 1. The molecule has 1 N–H and O–H groups in total. The molecule has 1 atom stereocenters. The minimum Gasteiger partial charge on any atom is -0.325 e. The van der Waals surface area contributed by atoms with Crippen molar-refractivity contribution in [2.45, 2.75) is 31.8 Å². The molecule has 0 unspecified atom stereocenters. The highest BCUT2D eigenvalue weighted by molar-refractivity contribution is 7.92. The quantitative estimate of drug-likeness (QED) is 0.900. The van der Waals surface area contributed by atoms with E-state index in [1.165, 1.54) is 25.1 Å². The van der Waals surface area contributed by atoms with Crippen LogP contribution in [0.3, 0.4) is 0 Å². The van der Waals surface area contributed by atoms with Crippen LogP contribution in [0, 0.1) is 19.7 Å². The Balaban J connectivity index is 2.10. The normalized spacial score (nSPS) is 12.7. The highest BCUT2D eigenvalue weighted by atomic mass is 32.2. The topological polar surface area (TPSA) is 63.2 Å². The Labute approximate surface area is 141 Å². The zero-order chi connectivity index (χ0) is 17.9. The van der Waals surface area contributed by atoms with Gasteiger partial charge in [0.05, 0.1) is 5.75 Å². The van der Waals surface area contributed by atoms with E-state index in [9.17, 15) is 17.6 Å². The van der Waals surface area contributed by atoms with Gasteiger partial charge in [-0.15, -0.1) is 0 Å². The largest absolute Gasteiger partial charge is 0.325 e. The molecule has 0 radical (unpaired) electrons. The molecule has 2 rings (SSSR count). The molecule has 0 spiro atoms. The van der Waals surface area contributed by atoms with Gasteiger partial charge in [0.25, 0.3) is 0 Å². The fourth-order valence-corrected chi connectivity index (χ4v) is 3.41. The molecule has 2 aromatic rings. The molecular weight excluding hydrogens is 329 g/mol. The summed E-state index contributed by atoms with van der Waals surface area (Å²) >= 11 is 0. The zero-order valence-corrected chi connectivity index (χ0v) is 14.7. The van der Waals surface area contributed by atoms with Crippen molar-refractivity contribution >= 4 is 21.4 Å². The molecule has 0 aliphatic heterocycles. The molecule has 0 saturated heterocycles. The van der Waals surface area contributed by atoms with Gasteiger partial charge in [0.2, 0.25) is 5.91 Å². The van der Waals surface area contributed by atoms with Crippen molar-refractivity contribution in [1.82, 2.24) is 0 Å². The van der Waals surface area contributed by atoms with Crippen LogP contribution in [-0.2, 0) is 20.4 Å². The number of halogens is 1. The first kappa shape index (κ1) is 18.1. The third-order valence-corrected chi connectivity index (χ3v) is 5.86. The highest BCUT2D eigenvalue weighted by Gasteiger charge is 2.28. The molecule has 4 nitrogen and oxygen atoms in total. The maximum Gasteiger partial charge on any atom is 0.242 e. The molecule has 2 aromatic carbocycles. The van der Waals surface area contributed by atoms with Gasteiger partial charge in [-0.25, -0.2) is 12.8 Å². The van der Waals surface area contributed by atoms with E-state index >= 15 is 0 Å². The fourth-order valence-electron chi connectivity index (χ4n) is 2.12. The molecule has 128 valence electrons. The number of carbonyl (C=O) groups excluding carboxylic acids is 1. The van der Waals surface area contributed by atoms with Crippen molar-refractivity contribution in [1.29, 1.82) is 0 Å². The Kier molecular flexibility index (Phi) is 5.39. The number of benzene rings is 2. The van der Waals surface area contributed by atoms with Gasteiger partial charge in [0, 0.05) is 5.69 Å². The second-order valence-corrected chi connectivity index (χ2v) is 8.21. The van der Waals surface area contributed by atoms with E-state index in [2.05, 4.69) is 5.32 Å². The van der Waals surface area contributed by atoms with Crippen LogP contribution in [0.25, 0.3) is 0 Å². The van der Waals surface area contributed by atoms with E-state index in [1.807, 2.05) is 19.1 Å². The van der Waals surface area contributed by atoms with Crippen molar-refractivity contribution in [3.05, 3.63) is 65.0 Å². The SMILES string of the molecule is Cc1ccc(CS(=O)(=O)[C@@H](C)C(=O)Nc2ccc(C)c(F)c2)cc1. The number of carbonyl (C=O) groups is 1. The second-order valence-electron chi connectivity index (χ2n) is 5.89. The van der Waals surface area contributed by atoms with Crippen molar-refractivity contribution < 1.29 is 17.6 Å². The van der Waals surface area contributed by atoms with Gasteiger partial charge in [-0.1, -0.05) is 35.9 Å². The summed E-state index contributed by atoms with van der Waals surface area (Å²) in [6.45, 7) is 4.86. The van der Waals surface area contributed by atoms with Gasteiger partial charge in [-0.2, -0.15) is 0 Å². The van der Waals surface area contributed by atoms with Gasteiger partial charge < -0.3 is 5.32 Å². The summed E-state index contributed by atoms with van der Waals surface area (Å²) in [5, 5.41) is 1.22. The van der Waals surface area contributed by atoms with Gasteiger partial charge in [-0.05, 0) is 44.0 Å². The molecule has 6 heteroatoms. The average molecular weight is 349 g/mol. The summed E-state index contributed by atoms with van der Waals surface area (Å²) in [5.74, 6) is -1.35. The predicted molar refractivity (Wildman–Crippen MR) is 93.0 cm³/mol. The Morgan fingerprint density at radius 2 is 1.75 bits per heavy atom. The lowest BCUT2D eigenvalue weighted by molar-refractivity contribution is -0.115. The fraction of sp³-hybridized carbons (Fsp3) is 0.278. The Bertz CT molecular complexity index is 845. The van der Waals surface area contributed by atoms with Gasteiger partial charge >= 0.3 is 0 Å². The number of rotatable bonds is 5. The highest BCUT2D eigenvalue weighted by Crippen LogP contribution is 2.17. The van der Waals surface area contributed by atoms with Gasteiger partial charge in [-0.3, -0.25) is 4.79 Å². The van der Waals surface area contributed by atoms with E-state index < -0.39 is 26.8 Å². The number of hydrogen-bond acceptors (Lipinski definition) is 3. The van der Waals surface area contributed by atoms with E-state index in [0.29, 0.717) is 11.1 Å². The molecule has 0 heterocycles. The minimum absolute atomic E-state index is 0.218. The minimum atomic E-state index is -3.67. The first-order valence-electron chi connectivity index (χ1n) is 7.53. The van der Waals surface area contributed by atoms with Crippen LogP contribution in [0.2, 0.25) is 0 Å². The third-order valence-electron chi connectivity index (χ3n) is 3.84. The molecule has 0 fully saturated rings. The molecule has 24 heavy (non-hydrogen) atoms. The Morgan fingerprint density at radius 3 is 2.33 bits per heavy atom. The van der Waals surface area contributed by atoms with E-state index in [4.69, 9.17) is 0 Å². The summed E-state index contributed by atoms with van der Waals surface area (Å²) in [7, 11) is -3.67.